The number of alkyl halides is 3. The van der Waals surface area contributed by atoms with Crippen LogP contribution in [0.15, 0.2) is 97.1 Å². The van der Waals surface area contributed by atoms with Gasteiger partial charge in [0.25, 0.3) is 0 Å². The number of Topliss-reactive ketones (excluding diaryl/α,β-unsaturated/α-hetero) is 5. The first-order valence-electron chi connectivity index (χ1n) is 34.3. The van der Waals surface area contributed by atoms with Gasteiger partial charge in [0.05, 0.1) is 54.1 Å². The van der Waals surface area contributed by atoms with Gasteiger partial charge in [0.15, 0.2) is 150 Å². The molecule has 0 radical (unpaired) electrons. The van der Waals surface area contributed by atoms with Gasteiger partial charge in [-0.15, -0.1) is 31.9 Å². The largest absolute Gasteiger partial charge is 1.00 e. The Kier molecular flexibility index (Phi) is 64.7. The van der Waals surface area contributed by atoms with Crippen molar-refractivity contribution in [2.75, 3.05) is 99.6 Å². The summed E-state index contributed by atoms with van der Waals surface area (Å²) in [6.45, 7) is 19.5. The molecule has 8 aromatic carbocycles. The van der Waals surface area contributed by atoms with Crippen molar-refractivity contribution < 1.29 is 237 Å². The third-order valence-corrected chi connectivity index (χ3v) is 15.7. The van der Waals surface area contributed by atoms with Crippen LogP contribution in [0.2, 0.25) is 0 Å². The minimum absolute atomic E-state index is 0. The van der Waals surface area contributed by atoms with E-state index in [1.165, 1.54) is 80.2 Å². The van der Waals surface area contributed by atoms with Crippen LogP contribution in [0.25, 0.3) is 4.85 Å². The number of fused-ring (bicyclic) bond motifs is 4. The number of carbonyl (C=O) groups is 5. The summed E-state index contributed by atoms with van der Waals surface area (Å²) < 4.78 is 124. The average Bonchev–Trinajstić information content (AvgIpc) is 1.67. The molecule has 8 aromatic rings. The zero-order valence-electron chi connectivity index (χ0n) is 72.9. The maximum absolute atomic E-state index is 11.2. The van der Waals surface area contributed by atoms with Crippen LogP contribution >= 0.6 is 60.5 Å². The van der Waals surface area contributed by atoms with Crippen molar-refractivity contribution >= 4 is 135 Å². The number of ketones is 5. The number of nitrogens with zero attached hydrogens (tertiary/aromatic N) is 2. The van der Waals surface area contributed by atoms with Crippen molar-refractivity contribution in [2.24, 2.45) is 0 Å². The predicted octanol–water partition coefficient (Wildman–Crippen LogP) is 7.99. The van der Waals surface area contributed by atoms with Crippen LogP contribution in [0.1, 0.15) is 119 Å². The third kappa shape index (κ3) is 47.7. The van der Waals surface area contributed by atoms with E-state index in [0.29, 0.717) is 103 Å². The molecule has 4 aliphatic heterocycles. The molecular weight excluding hydrogens is 1990 g/mol. The summed E-state index contributed by atoms with van der Waals surface area (Å²) in [4.78, 5) is 58.4. The van der Waals surface area contributed by atoms with Crippen LogP contribution in [0.3, 0.4) is 0 Å². The molecule has 4 aliphatic rings. The molecule has 41 nitrogen and oxygen atoms in total. The van der Waals surface area contributed by atoms with E-state index in [-0.39, 0.29) is 190 Å². The van der Waals surface area contributed by atoms with Crippen molar-refractivity contribution in [2.45, 2.75) is 68.5 Å². The van der Waals surface area contributed by atoms with Crippen LogP contribution in [0.5, 0.6) is 138 Å². The molecule has 132 heavy (non-hydrogen) atoms. The van der Waals surface area contributed by atoms with Gasteiger partial charge in [-0.3, -0.25) is 24.0 Å². The monoisotopic (exact) mass is 2090 g/mol. The molecular formula is C80H104AlBrCl4LiN2NaO39S3. The number of hydrogen-bond donors (Lipinski definition) is 15. The first-order valence-corrected chi connectivity index (χ1v) is 44.6. The zero-order chi connectivity index (χ0) is 97.8. The van der Waals surface area contributed by atoms with Gasteiger partial charge in [0, 0.05) is 85.6 Å². The number of hydrogen-bond acceptors (Lipinski definition) is 38. The number of carbonyl (C=O) groups excluding carboxylic acids is 5. The van der Waals surface area contributed by atoms with Crippen LogP contribution in [-0.4, -0.2) is 234 Å². The molecule has 0 atom stereocenters. The molecule has 0 saturated carbocycles. The Morgan fingerprint density at radius 1 is 0.432 bits per heavy atom. The molecule has 0 amide bonds. The Morgan fingerprint density at radius 3 is 0.856 bits per heavy atom. The quantitative estimate of drug-likeness (QED) is 0.00636. The maximum atomic E-state index is 11.2. The van der Waals surface area contributed by atoms with E-state index < -0.39 is 63.0 Å². The Balaban J connectivity index is -0.000000263. The summed E-state index contributed by atoms with van der Waals surface area (Å²) in [6, 6.07) is 23.6. The second kappa shape index (κ2) is 64.2. The number of aromatic hydroxyl groups is 10. The number of phenols is 10. The third-order valence-electron chi connectivity index (χ3n) is 14.6. The number of rotatable bonds is 16. The minimum atomic E-state index is -4.06. The number of phenolic OH excluding ortho intramolecular Hbond substituents is 10. The SMILES string of the molecule is C.C.CC(=O)c1cc(O)c(O)c(O)c1.CC(=O)c1cc(O)c(O)c(O)c1.COc1cc(C(C)=O)cc(O)c1O.COc1cc(C(C)=O)cc(O)c1O.COc1cc(C(C)=O)cc2c1OCO2.COc1cc(CCl)cc2c1OCO2.COc1cc(CO)cc2c1OCO2.CS(C)(=O)(O)OO.CS(C)(=O)(O)OO.ClCBr.O=S(Cl)Cl.[AlH3].[C-]#N.[C-]#[N+]Cc1cc(OC)c2c(c1)OCO2.[H-].[Li+].[Na+]. The molecule has 0 aliphatic carbocycles. The van der Waals surface area contributed by atoms with Crippen molar-refractivity contribution in [1.29, 1.82) is 5.26 Å². The molecule has 15 N–H and O–H groups in total. The first kappa shape index (κ1) is 133. The van der Waals surface area contributed by atoms with Crippen molar-refractivity contribution in [3.8, 4) is 138 Å². The van der Waals surface area contributed by atoms with Gasteiger partial charge in [-0.1, -0.05) is 30.8 Å². The smallest absolute Gasteiger partial charge is 1.00 e. The van der Waals surface area contributed by atoms with E-state index in [0.717, 1.165) is 66.0 Å². The number of aliphatic hydroxyl groups excluding tert-OH is 1. The minimum Gasteiger partial charge on any atom is -1.00 e. The Bertz CT molecular complexity index is 5020. The van der Waals surface area contributed by atoms with Gasteiger partial charge in [-0.25, -0.2) is 29.7 Å². The second-order valence-corrected chi connectivity index (χ2v) is 36.2. The topological polar surface area (TPSA) is 616 Å². The molecule has 4 heterocycles. The summed E-state index contributed by atoms with van der Waals surface area (Å²) in [5.74, 6) is 2.40. The summed E-state index contributed by atoms with van der Waals surface area (Å²) in [5.41, 5.74) is 4.06. The van der Waals surface area contributed by atoms with E-state index in [1.54, 1.807) is 51.7 Å². The maximum Gasteiger partial charge on any atom is 1.00 e. The Labute approximate surface area is 836 Å². The van der Waals surface area contributed by atoms with Gasteiger partial charge in [-0.05, 0) is 143 Å². The van der Waals surface area contributed by atoms with Crippen molar-refractivity contribution in [1.82, 2.24) is 0 Å². The fourth-order valence-electron chi connectivity index (χ4n) is 8.75. The normalized spacial score (nSPS) is 11.2. The fraction of sp³-hybridized carbons (Fsp3) is 0.312. The fourth-order valence-corrected chi connectivity index (χ4v) is 8.91. The van der Waals surface area contributed by atoms with Crippen LogP contribution < -0.4 is 115 Å². The second-order valence-electron chi connectivity index (χ2n) is 25.0. The molecule has 726 valence electrons. The molecule has 0 bridgehead atoms. The van der Waals surface area contributed by atoms with E-state index >= 15 is 0 Å². The number of benzene rings is 8. The van der Waals surface area contributed by atoms with Gasteiger partial charge in [0.2, 0.25) is 77.4 Å². The molecule has 12 rings (SSSR count). The molecule has 0 aromatic heterocycles. The summed E-state index contributed by atoms with van der Waals surface area (Å²) in [7, 11) is 8.17. The van der Waals surface area contributed by atoms with E-state index in [1.807, 2.05) is 18.2 Å². The van der Waals surface area contributed by atoms with Gasteiger partial charge < -0.3 is 150 Å². The van der Waals surface area contributed by atoms with E-state index in [2.05, 4.69) is 50.8 Å². The van der Waals surface area contributed by atoms with E-state index in [4.69, 9.17) is 167 Å². The molecule has 52 heteroatoms. The summed E-state index contributed by atoms with van der Waals surface area (Å²) in [5, 5.41) is 121. The van der Waals surface area contributed by atoms with Crippen molar-refractivity contribution in [3.05, 3.63) is 160 Å². The Hall–Kier alpha value is -9.77. The molecule has 0 unspecified atom stereocenters. The molecule has 0 spiro atoms. The van der Waals surface area contributed by atoms with Crippen LogP contribution in [0, 0.1) is 18.4 Å². The number of ether oxygens (including phenoxy) is 14. The molecule has 0 saturated heterocycles. The molecule has 0 fully saturated rings. The van der Waals surface area contributed by atoms with Gasteiger partial charge in [-0.2, -0.15) is 0 Å². The first-order chi connectivity index (χ1) is 59.2. The Morgan fingerprint density at radius 2 is 0.629 bits per heavy atom. The van der Waals surface area contributed by atoms with Gasteiger partial charge in [0.1, 0.15) is 19.3 Å². The summed E-state index contributed by atoms with van der Waals surface area (Å²) >= 11 is 13.5. The van der Waals surface area contributed by atoms with E-state index in [9.17, 15) is 52.8 Å². The van der Waals surface area contributed by atoms with Gasteiger partial charge >= 0.3 is 48.4 Å². The summed E-state index contributed by atoms with van der Waals surface area (Å²) in [6.07, 6.45) is 3.60. The number of aliphatic hydroxyl groups is 1. The standard InChI is InChI=1S/C10H9NO3.C10H10O4.C9H9ClO3.3C9H10O4.2C8H8O4.2C2H8O4S.CH2BrCl.CN.2CH4.Al.Cl2OS.Li.Na.4H/c1-11-5-7-3-8(12-2)10-9(4-7)13-6-14-10;1-6(11)7-3-8(12-2)10-9(4-7)13-5-14-10;2*1-11-7-2-6(4-10)3-8-9(7)13-5-12-8;2*1-5(10)6-3-7(11)9(12)8(4-6)13-2;2*1-4(9)5-2-6(10)8(12)7(11)3-5;2*1-7(2,4,5)6-3;2-1-3;1-2;;;;1-4(2)3;;;;;;/h3-4H,5-6H2,2H3;3-4H,5H2,1-2H3;2-3H,4-5H2,1H3;2-3,10H,4-5H2,1H3;2*3-4,11-12H,1-2H3;2*2-3,10-12H,1H3;2*3H,1-2H3,(H,4,5);1H2;;2*1H4;;;;;;;;/q;;;;;;;;;;;-1;;;;;2*+1;;;;-1. The predicted molar refractivity (Wildman–Crippen MR) is 489 cm³/mol. The number of methoxy groups -OCH3 is 6. The van der Waals surface area contributed by atoms with Crippen LogP contribution in [-0.2, 0) is 56.2 Å². The van der Waals surface area contributed by atoms with Crippen molar-refractivity contribution in [3.63, 3.8) is 0 Å². The zero-order valence-corrected chi connectivity index (χ0v) is 81.0. The number of halogens is 5. The van der Waals surface area contributed by atoms with Crippen LogP contribution in [0.4, 0.5) is 0 Å². The average molecular weight is 2090 g/mol.